The molecular formula is C9H17NO2. The molecule has 0 amide bonds. The molecule has 1 aliphatic rings. The van der Waals surface area contributed by atoms with E-state index in [1.807, 2.05) is 6.92 Å². The molecule has 1 saturated heterocycles. The number of hydrogen-bond donors (Lipinski definition) is 1. The Hall–Kier alpha value is -0.570. The molecule has 1 aliphatic heterocycles. The topological polar surface area (TPSA) is 38.3 Å². The first-order valence-corrected chi connectivity index (χ1v) is 4.68. The van der Waals surface area contributed by atoms with E-state index in [9.17, 15) is 4.79 Å². The quantitative estimate of drug-likeness (QED) is 0.642. The zero-order valence-electron chi connectivity index (χ0n) is 7.80. The Morgan fingerprint density at radius 3 is 2.83 bits per heavy atom. The van der Waals surface area contributed by atoms with Crippen LogP contribution in [0.5, 0.6) is 0 Å². The maximum atomic E-state index is 11.2. The molecule has 0 saturated carbocycles. The van der Waals surface area contributed by atoms with Crippen molar-refractivity contribution in [2.75, 3.05) is 13.2 Å². The van der Waals surface area contributed by atoms with Crippen molar-refractivity contribution in [3.05, 3.63) is 0 Å². The van der Waals surface area contributed by atoms with Crippen molar-refractivity contribution in [3.8, 4) is 0 Å². The van der Waals surface area contributed by atoms with E-state index in [2.05, 4.69) is 12.2 Å². The van der Waals surface area contributed by atoms with E-state index in [-0.39, 0.29) is 11.9 Å². The summed E-state index contributed by atoms with van der Waals surface area (Å²) in [6.45, 7) is 5.26. The zero-order chi connectivity index (χ0) is 8.97. The summed E-state index contributed by atoms with van der Waals surface area (Å²) >= 11 is 0. The molecule has 0 unspecified atom stereocenters. The molecule has 1 N–H and O–H groups in total. The standard InChI is InChI=1S/C9H17NO2/c1-3-8-5-7(6-10-8)9(11)12-4-2/h7-8,10H,3-6H2,1-2H3/t7-,8-/m1/s1. The van der Waals surface area contributed by atoms with E-state index in [4.69, 9.17) is 4.74 Å². The number of esters is 1. The number of hydrogen-bond acceptors (Lipinski definition) is 3. The second-order valence-electron chi connectivity index (χ2n) is 3.20. The van der Waals surface area contributed by atoms with Gasteiger partial charge in [0.25, 0.3) is 0 Å². The van der Waals surface area contributed by atoms with Crippen molar-refractivity contribution in [2.45, 2.75) is 32.7 Å². The van der Waals surface area contributed by atoms with Gasteiger partial charge < -0.3 is 10.1 Å². The Labute approximate surface area is 73.5 Å². The van der Waals surface area contributed by atoms with Crippen LogP contribution >= 0.6 is 0 Å². The summed E-state index contributed by atoms with van der Waals surface area (Å²) < 4.78 is 4.94. The zero-order valence-corrected chi connectivity index (χ0v) is 7.80. The minimum atomic E-state index is -0.0408. The minimum Gasteiger partial charge on any atom is -0.466 e. The molecule has 1 rings (SSSR count). The van der Waals surface area contributed by atoms with E-state index < -0.39 is 0 Å². The van der Waals surface area contributed by atoms with Gasteiger partial charge in [-0.05, 0) is 19.8 Å². The Kier molecular flexibility index (Phi) is 3.53. The van der Waals surface area contributed by atoms with Crippen LogP contribution in [0.3, 0.4) is 0 Å². The third-order valence-corrected chi connectivity index (χ3v) is 2.33. The van der Waals surface area contributed by atoms with Gasteiger partial charge in [-0.15, -0.1) is 0 Å². The van der Waals surface area contributed by atoms with Gasteiger partial charge in [-0.3, -0.25) is 4.79 Å². The predicted octanol–water partition coefficient (Wildman–Crippen LogP) is 0.938. The minimum absolute atomic E-state index is 0.0408. The van der Waals surface area contributed by atoms with Crippen molar-refractivity contribution in [2.24, 2.45) is 5.92 Å². The molecule has 0 aromatic carbocycles. The van der Waals surface area contributed by atoms with Gasteiger partial charge in [-0.25, -0.2) is 0 Å². The molecule has 0 aliphatic carbocycles. The summed E-state index contributed by atoms with van der Waals surface area (Å²) in [5, 5.41) is 3.29. The van der Waals surface area contributed by atoms with Crippen LogP contribution in [0.25, 0.3) is 0 Å². The van der Waals surface area contributed by atoms with Crippen molar-refractivity contribution in [1.29, 1.82) is 0 Å². The fourth-order valence-corrected chi connectivity index (χ4v) is 1.57. The van der Waals surface area contributed by atoms with Crippen molar-refractivity contribution in [3.63, 3.8) is 0 Å². The molecule has 1 heterocycles. The lowest BCUT2D eigenvalue weighted by Crippen LogP contribution is -2.21. The highest BCUT2D eigenvalue weighted by Crippen LogP contribution is 2.17. The molecule has 0 aromatic rings. The lowest BCUT2D eigenvalue weighted by Gasteiger charge is -2.07. The highest BCUT2D eigenvalue weighted by atomic mass is 16.5. The van der Waals surface area contributed by atoms with E-state index in [1.165, 1.54) is 0 Å². The van der Waals surface area contributed by atoms with Gasteiger partial charge in [-0.1, -0.05) is 6.92 Å². The highest BCUT2D eigenvalue weighted by Gasteiger charge is 2.29. The predicted molar refractivity (Wildman–Crippen MR) is 46.8 cm³/mol. The number of nitrogens with one attached hydrogen (secondary N) is 1. The maximum Gasteiger partial charge on any atom is 0.310 e. The largest absolute Gasteiger partial charge is 0.466 e. The van der Waals surface area contributed by atoms with E-state index >= 15 is 0 Å². The summed E-state index contributed by atoms with van der Waals surface area (Å²) in [5.74, 6) is 0.0517. The Bertz CT molecular complexity index is 159. The van der Waals surface area contributed by atoms with E-state index in [0.717, 1.165) is 19.4 Å². The van der Waals surface area contributed by atoms with Gasteiger partial charge in [0.05, 0.1) is 12.5 Å². The number of carbonyl (C=O) groups excluding carboxylic acids is 1. The van der Waals surface area contributed by atoms with Crippen LogP contribution in [0.15, 0.2) is 0 Å². The third-order valence-electron chi connectivity index (χ3n) is 2.33. The molecule has 0 bridgehead atoms. The van der Waals surface area contributed by atoms with Crippen LogP contribution in [0, 0.1) is 5.92 Å². The van der Waals surface area contributed by atoms with Crippen LogP contribution in [0.2, 0.25) is 0 Å². The lowest BCUT2D eigenvalue weighted by atomic mass is 10.0. The molecule has 2 atom stereocenters. The van der Waals surface area contributed by atoms with Crippen molar-refractivity contribution >= 4 is 5.97 Å². The number of carbonyl (C=O) groups is 1. The van der Waals surface area contributed by atoms with Gasteiger partial charge in [0.1, 0.15) is 0 Å². The van der Waals surface area contributed by atoms with Crippen LogP contribution in [0.4, 0.5) is 0 Å². The molecule has 3 heteroatoms. The van der Waals surface area contributed by atoms with Crippen LogP contribution in [-0.4, -0.2) is 25.2 Å². The van der Waals surface area contributed by atoms with Gasteiger partial charge in [-0.2, -0.15) is 0 Å². The first-order chi connectivity index (χ1) is 5.77. The third kappa shape index (κ3) is 2.21. The van der Waals surface area contributed by atoms with Crippen molar-refractivity contribution < 1.29 is 9.53 Å². The summed E-state index contributed by atoms with van der Waals surface area (Å²) in [6, 6.07) is 0.513. The van der Waals surface area contributed by atoms with Crippen LogP contribution in [-0.2, 0) is 9.53 Å². The molecule has 0 aromatic heterocycles. The number of ether oxygens (including phenoxy) is 1. The van der Waals surface area contributed by atoms with E-state index in [0.29, 0.717) is 12.6 Å². The second-order valence-corrected chi connectivity index (χ2v) is 3.20. The maximum absolute atomic E-state index is 11.2. The average Bonchev–Trinajstić information content (AvgIpc) is 2.52. The molecule has 0 spiro atoms. The fraction of sp³-hybridized carbons (Fsp3) is 0.889. The molecule has 0 radical (unpaired) electrons. The van der Waals surface area contributed by atoms with Crippen LogP contribution in [0.1, 0.15) is 26.7 Å². The van der Waals surface area contributed by atoms with Gasteiger partial charge >= 0.3 is 5.97 Å². The normalized spacial score (nSPS) is 28.8. The number of rotatable bonds is 3. The lowest BCUT2D eigenvalue weighted by molar-refractivity contribution is -0.147. The van der Waals surface area contributed by atoms with Gasteiger partial charge in [0, 0.05) is 12.6 Å². The van der Waals surface area contributed by atoms with Gasteiger partial charge in [0.15, 0.2) is 0 Å². The smallest absolute Gasteiger partial charge is 0.310 e. The Morgan fingerprint density at radius 1 is 1.58 bits per heavy atom. The SMILES string of the molecule is CCOC(=O)[C@H]1CN[C@H](CC)C1. The van der Waals surface area contributed by atoms with E-state index in [1.54, 1.807) is 0 Å². The second kappa shape index (κ2) is 4.45. The van der Waals surface area contributed by atoms with Crippen LogP contribution < -0.4 is 5.32 Å². The summed E-state index contributed by atoms with van der Waals surface area (Å²) in [7, 11) is 0. The first kappa shape index (κ1) is 9.52. The van der Waals surface area contributed by atoms with Crippen molar-refractivity contribution in [1.82, 2.24) is 5.32 Å². The molecule has 1 fully saturated rings. The molecule has 70 valence electrons. The first-order valence-electron chi connectivity index (χ1n) is 4.68. The fourth-order valence-electron chi connectivity index (χ4n) is 1.57. The Balaban J connectivity index is 2.31. The highest BCUT2D eigenvalue weighted by molar-refractivity contribution is 5.73. The average molecular weight is 171 g/mol. The molecule has 12 heavy (non-hydrogen) atoms. The monoisotopic (exact) mass is 171 g/mol. The summed E-state index contributed by atoms with van der Waals surface area (Å²) in [5.41, 5.74) is 0. The molecule has 3 nitrogen and oxygen atoms in total. The summed E-state index contributed by atoms with van der Waals surface area (Å²) in [4.78, 5) is 11.2. The van der Waals surface area contributed by atoms with Gasteiger partial charge in [0.2, 0.25) is 0 Å². The molecular weight excluding hydrogens is 154 g/mol. The Morgan fingerprint density at radius 2 is 2.33 bits per heavy atom. The summed E-state index contributed by atoms with van der Waals surface area (Å²) in [6.07, 6.45) is 2.03.